The molecule has 1 fully saturated rings. The van der Waals surface area contributed by atoms with Gasteiger partial charge in [-0.3, -0.25) is 0 Å². The number of nitrogens with one attached hydrogen (secondary N) is 1. The first-order valence-corrected chi connectivity index (χ1v) is 5.81. The molecule has 1 heterocycles. The van der Waals surface area contributed by atoms with Crippen molar-refractivity contribution in [3.63, 3.8) is 0 Å². The third kappa shape index (κ3) is 3.04. The molecule has 0 spiro atoms. The van der Waals surface area contributed by atoms with Crippen molar-refractivity contribution in [2.24, 2.45) is 0 Å². The van der Waals surface area contributed by atoms with Gasteiger partial charge in [0.15, 0.2) is 0 Å². The SMILES string of the molecule is CN(C)Cc1cccc(C2CNCCO2)c1. The molecule has 1 unspecified atom stereocenters. The minimum atomic E-state index is 0.218. The van der Waals surface area contributed by atoms with Crippen LogP contribution in [-0.2, 0) is 11.3 Å². The number of benzene rings is 1. The van der Waals surface area contributed by atoms with Gasteiger partial charge in [-0.1, -0.05) is 24.3 Å². The topological polar surface area (TPSA) is 24.5 Å². The molecule has 1 saturated heterocycles. The number of morpholine rings is 1. The van der Waals surface area contributed by atoms with E-state index in [4.69, 9.17) is 4.74 Å². The molecule has 1 N–H and O–H groups in total. The van der Waals surface area contributed by atoms with Crippen molar-refractivity contribution >= 4 is 0 Å². The lowest BCUT2D eigenvalue weighted by Gasteiger charge is -2.24. The molecule has 1 aliphatic rings. The molecule has 1 atom stereocenters. The molecule has 1 aromatic rings. The zero-order valence-electron chi connectivity index (χ0n) is 10.1. The van der Waals surface area contributed by atoms with Gasteiger partial charge in [0.05, 0.1) is 12.7 Å². The van der Waals surface area contributed by atoms with Crippen LogP contribution in [0.2, 0.25) is 0 Å². The summed E-state index contributed by atoms with van der Waals surface area (Å²) >= 11 is 0. The highest BCUT2D eigenvalue weighted by atomic mass is 16.5. The monoisotopic (exact) mass is 220 g/mol. The summed E-state index contributed by atoms with van der Waals surface area (Å²) in [7, 11) is 4.18. The Balaban J connectivity index is 2.08. The Hall–Kier alpha value is -0.900. The van der Waals surface area contributed by atoms with Crippen LogP contribution in [0.5, 0.6) is 0 Å². The molecule has 1 aliphatic heterocycles. The predicted octanol–water partition coefficient (Wildman–Crippen LogP) is 1.41. The molecule has 3 nitrogen and oxygen atoms in total. The van der Waals surface area contributed by atoms with Gasteiger partial charge in [0.2, 0.25) is 0 Å². The van der Waals surface area contributed by atoms with Gasteiger partial charge in [0, 0.05) is 19.6 Å². The molecule has 0 saturated carbocycles. The smallest absolute Gasteiger partial charge is 0.0949 e. The predicted molar refractivity (Wildman–Crippen MR) is 65.4 cm³/mol. The van der Waals surface area contributed by atoms with Crippen molar-refractivity contribution in [2.45, 2.75) is 12.6 Å². The minimum Gasteiger partial charge on any atom is -0.371 e. The maximum Gasteiger partial charge on any atom is 0.0949 e. The number of hydrogen-bond acceptors (Lipinski definition) is 3. The van der Waals surface area contributed by atoms with E-state index in [1.54, 1.807) is 0 Å². The lowest BCUT2D eigenvalue weighted by atomic mass is 10.0. The van der Waals surface area contributed by atoms with Gasteiger partial charge in [0.1, 0.15) is 0 Å². The van der Waals surface area contributed by atoms with Crippen LogP contribution in [0.1, 0.15) is 17.2 Å². The third-order valence-corrected chi connectivity index (χ3v) is 2.75. The molecule has 0 aromatic heterocycles. The van der Waals surface area contributed by atoms with Crippen molar-refractivity contribution in [2.75, 3.05) is 33.8 Å². The minimum absolute atomic E-state index is 0.218. The van der Waals surface area contributed by atoms with Gasteiger partial charge in [-0.15, -0.1) is 0 Å². The van der Waals surface area contributed by atoms with Gasteiger partial charge in [-0.25, -0.2) is 0 Å². The van der Waals surface area contributed by atoms with Crippen LogP contribution in [0.25, 0.3) is 0 Å². The second-order valence-electron chi connectivity index (χ2n) is 4.55. The van der Waals surface area contributed by atoms with E-state index in [-0.39, 0.29) is 6.10 Å². The van der Waals surface area contributed by atoms with Gasteiger partial charge in [0.25, 0.3) is 0 Å². The lowest BCUT2D eigenvalue weighted by molar-refractivity contribution is 0.0276. The van der Waals surface area contributed by atoms with Gasteiger partial charge in [-0.05, 0) is 25.2 Å². The van der Waals surface area contributed by atoms with Crippen molar-refractivity contribution in [3.8, 4) is 0 Å². The highest BCUT2D eigenvalue weighted by Gasteiger charge is 2.15. The zero-order chi connectivity index (χ0) is 11.4. The van der Waals surface area contributed by atoms with E-state index in [2.05, 4.69) is 48.6 Å². The van der Waals surface area contributed by atoms with Crippen molar-refractivity contribution in [3.05, 3.63) is 35.4 Å². The maximum absolute atomic E-state index is 5.75. The summed E-state index contributed by atoms with van der Waals surface area (Å²) < 4.78 is 5.75. The Morgan fingerprint density at radius 3 is 3.00 bits per heavy atom. The summed E-state index contributed by atoms with van der Waals surface area (Å²) in [5.41, 5.74) is 2.63. The number of ether oxygens (including phenoxy) is 1. The molecule has 16 heavy (non-hydrogen) atoms. The van der Waals surface area contributed by atoms with Crippen molar-refractivity contribution in [1.29, 1.82) is 0 Å². The van der Waals surface area contributed by atoms with Crippen LogP contribution in [0, 0.1) is 0 Å². The molecule has 2 rings (SSSR count). The molecule has 3 heteroatoms. The molecule has 0 bridgehead atoms. The summed E-state index contributed by atoms with van der Waals surface area (Å²) in [5.74, 6) is 0. The standard InChI is InChI=1S/C13H20N2O/c1-15(2)10-11-4-3-5-12(8-11)13-9-14-6-7-16-13/h3-5,8,13-14H,6-7,9-10H2,1-2H3. The van der Waals surface area contributed by atoms with Gasteiger partial charge in [-0.2, -0.15) is 0 Å². The quantitative estimate of drug-likeness (QED) is 0.833. The van der Waals surface area contributed by atoms with E-state index in [9.17, 15) is 0 Å². The summed E-state index contributed by atoms with van der Waals surface area (Å²) in [5, 5.41) is 3.36. The summed E-state index contributed by atoms with van der Waals surface area (Å²) in [6.07, 6.45) is 0.218. The fourth-order valence-corrected chi connectivity index (χ4v) is 2.04. The van der Waals surface area contributed by atoms with Crippen LogP contribution in [0.15, 0.2) is 24.3 Å². The van der Waals surface area contributed by atoms with Crippen molar-refractivity contribution in [1.82, 2.24) is 10.2 Å². The van der Waals surface area contributed by atoms with Gasteiger partial charge >= 0.3 is 0 Å². The summed E-state index contributed by atoms with van der Waals surface area (Å²) in [6.45, 7) is 3.68. The molecule has 88 valence electrons. The fourth-order valence-electron chi connectivity index (χ4n) is 2.04. The Kier molecular flexibility index (Phi) is 3.93. The second-order valence-corrected chi connectivity index (χ2v) is 4.55. The second kappa shape index (κ2) is 5.43. The number of hydrogen-bond donors (Lipinski definition) is 1. The van der Waals surface area contributed by atoms with Crippen LogP contribution >= 0.6 is 0 Å². The molecular formula is C13H20N2O. The van der Waals surface area contributed by atoms with E-state index in [0.717, 1.165) is 26.2 Å². The molecule has 0 radical (unpaired) electrons. The van der Waals surface area contributed by atoms with Gasteiger partial charge < -0.3 is 15.0 Å². The Bertz CT molecular complexity index is 332. The lowest BCUT2D eigenvalue weighted by Crippen LogP contribution is -2.33. The van der Waals surface area contributed by atoms with Crippen LogP contribution < -0.4 is 5.32 Å². The van der Waals surface area contributed by atoms with E-state index in [1.165, 1.54) is 11.1 Å². The normalized spacial score (nSPS) is 21.3. The largest absolute Gasteiger partial charge is 0.371 e. The highest BCUT2D eigenvalue weighted by Crippen LogP contribution is 2.20. The van der Waals surface area contributed by atoms with Crippen LogP contribution in [0.4, 0.5) is 0 Å². The molecule has 0 aliphatic carbocycles. The van der Waals surface area contributed by atoms with E-state index < -0.39 is 0 Å². The fraction of sp³-hybridized carbons (Fsp3) is 0.538. The zero-order valence-corrected chi connectivity index (χ0v) is 10.1. The van der Waals surface area contributed by atoms with E-state index in [0.29, 0.717) is 0 Å². The first kappa shape index (κ1) is 11.6. The van der Waals surface area contributed by atoms with Crippen LogP contribution in [-0.4, -0.2) is 38.7 Å². The third-order valence-electron chi connectivity index (χ3n) is 2.75. The first-order valence-electron chi connectivity index (χ1n) is 5.81. The average Bonchev–Trinajstić information content (AvgIpc) is 2.30. The highest BCUT2D eigenvalue weighted by molar-refractivity contribution is 5.25. The molecule has 0 amide bonds. The van der Waals surface area contributed by atoms with Crippen LogP contribution in [0.3, 0.4) is 0 Å². The Morgan fingerprint density at radius 2 is 2.31 bits per heavy atom. The van der Waals surface area contributed by atoms with Crippen molar-refractivity contribution < 1.29 is 4.74 Å². The summed E-state index contributed by atoms with van der Waals surface area (Å²) in [4.78, 5) is 2.18. The Morgan fingerprint density at radius 1 is 1.44 bits per heavy atom. The maximum atomic E-state index is 5.75. The first-order chi connectivity index (χ1) is 7.75. The molecular weight excluding hydrogens is 200 g/mol. The van der Waals surface area contributed by atoms with E-state index in [1.807, 2.05) is 0 Å². The summed E-state index contributed by atoms with van der Waals surface area (Å²) in [6, 6.07) is 8.68. The Labute approximate surface area is 97.4 Å². The number of nitrogens with zero attached hydrogens (tertiary/aromatic N) is 1. The molecule has 1 aromatic carbocycles. The average molecular weight is 220 g/mol. The number of rotatable bonds is 3. The van der Waals surface area contributed by atoms with E-state index >= 15 is 0 Å².